The average Bonchev–Trinajstić information content (AvgIpc) is 3.16. The van der Waals surface area contributed by atoms with E-state index in [1.807, 2.05) is 6.07 Å². The first-order valence-corrected chi connectivity index (χ1v) is 8.98. The van der Waals surface area contributed by atoms with Gasteiger partial charge in [0.25, 0.3) is 5.91 Å². The average molecular weight is 343 g/mol. The van der Waals surface area contributed by atoms with E-state index in [2.05, 4.69) is 11.0 Å². The van der Waals surface area contributed by atoms with E-state index in [9.17, 15) is 9.90 Å². The van der Waals surface area contributed by atoms with Gasteiger partial charge in [0, 0.05) is 26.2 Å². The van der Waals surface area contributed by atoms with Crippen LogP contribution in [0.5, 0.6) is 5.75 Å². The van der Waals surface area contributed by atoms with E-state index in [1.165, 1.54) is 0 Å². The molecule has 0 radical (unpaired) electrons. The summed E-state index contributed by atoms with van der Waals surface area (Å²) in [7, 11) is 0. The van der Waals surface area contributed by atoms with Gasteiger partial charge in [0.1, 0.15) is 12.4 Å². The van der Waals surface area contributed by atoms with Crippen molar-refractivity contribution >= 4 is 5.91 Å². The van der Waals surface area contributed by atoms with Crippen LogP contribution in [-0.4, -0.2) is 65.7 Å². The van der Waals surface area contributed by atoms with Crippen LogP contribution in [-0.2, 0) is 4.79 Å². The fourth-order valence-electron chi connectivity index (χ4n) is 3.65. The molecule has 1 amide bonds. The van der Waals surface area contributed by atoms with Gasteiger partial charge in [-0.2, -0.15) is 5.26 Å². The van der Waals surface area contributed by atoms with Crippen LogP contribution in [0.1, 0.15) is 31.2 Å². The molecular formula is C19H25N3O3. The Bertz CT molecular complexity index is 652. The molecule has 2 fully saturated rings. The lowest BCUT2D eigenvalue weighted by atomic mass is 9.91. The maximum absolute atomic E-state index is 12.6. The number of rotatable bonds is 5. The lowest BCUT2D eigenvalue weighted by molar-refractivity contribution is -0.156. The van der Waals surface area contributed by atoms with Crippen molar-refractivity contribution < 1.29 is 14.6 Å². The number of likely N-dealkylation sites (tertiary alicyclic amines) is 2. The first-order chi connectivity index (χ1) is 12.1. The molecule has 1 N–H and O–H groups in total. The number of benzene rings is 1. The molecule has 25 heavy (non-hydrogen) atoms. The Kier molecular flexibility index (Phi) is 5.57. The minimum atomic E-state index is -1.26. The van der Waals surface area contributed by atoms with Crippen molar-refractivity contribution in [1.29, 1.82) is 5.26 Å². The summed E-state index contributed by atoms with van der Waals surface area (Å²) in [6, 6.07) is 9.16. The minimum Gasteiger partial charge on any atom is -0.492 e. The van der Waals surface area contributed by atoms with Crippen LogP contribution < -0.4 is 4.74 Å². The van der Waals surface area contributed by atoms with Crippen LogP contribution in [0.25, 0.3) is 0 Å². The predicted molar refractivity (Wildman–Crippen MR) is 93.1 cm³/mol. The smallest absolute Gasteiger partial charge is 0.255 e. The Balaban J connectivity index is 1.51. The molecule has 6 heteroatoms. The van der Waals surface area contributed by atoms with Gasteiger partial charge in [-0.15, -0.1) is 0 Å². The molecule has 0 aromatic heterocycles. The van der Waals surface area contributed by atoms with Crippen molar-refractivity contribution in [1.82, 2.24) is 9.80 Å². The number of nitrogens with zero attached hydrogens (tertiary/aromatic N) is 3. The van der Waals surface area contributed by atoms with Gasteiger partial charge in [0.05, 0.1) is 11.6 Å². The molecule has 3 rings (SSSR count). The zero-order valence-corrected chi connectivity index (χ0v) is 14.5. The molecule has 0 aliphatic carbocycles. The molecular weight excluding hydrogens is 318 g/mol. The molecule has 2 aliphatic heterocycles. The van der Waals surface area contributed by atoms with E-state index in [4.69, 9.17) is 10.00 Å². The standard InChI is InChI=1S/C19H25N3O3/c20-14-16-5-3-6-17(13-16)25-12-11-21-8-4-7-19(24,15-21)18(23)22-9-1-2-10-22/h3,5-6,13,24H,1-2,4,7-12,15H2. The zero-order valence-electron chi connectivity index (χ0n) is 14.5. The maximum atomic E-state index is 12.6. The normalized spacial score (nSPS) is 24.1. The highest BCUT2D eigenvalue weighted by Gasteiger charge is 2.43. The lowest BCUT2D eigenvalue weighted by Crippen LogP contribution is -2.58. The summed E-state index contributed by atoms with van der Waals surface area (Å²) in [6.07, 6.45) is 3.40. The number of ether oxygens (including phenoxy) is 1. The van der Waals surface area contributed by atoms with Gasteiger partial charge in [-0.3, -0.25) is 9.69 Å². The van der Waals surface area contributed by atoms with Crippen LogP contribution in [0.15, 0.2) is 24.3 Å². The Morgan fingerprint density at radius 2 is 2.08 bits per heavy atom. The van der Waals surface area contributed by atoms with Crippen molar-refractivity contribution in [2.24, 2.45) is 0 Å². The summed E-state index contributed by atoms with van der Waals surface area (Å²) in [4.78, 5) is 16.5. The number of hydrogen-bond acceptors (Lipinski definition) is 5. The summed E-state index contributed by atoms with van der Waals surface area (Å²) in [5.41, 5.74) is -0.690. The molecule has 1 aromatic carbocycles. The van der Waals surface area contributed by atoms with Gasteiger partial charge >= 0.3 is 0 Å². The Morgan fingerprint density at radius 1 is 1.28 bits per heavy atom. The SMILES string of the molecule is N#Cc1cccc(OCCN2CCCC(O)(C(=O)N3CCCC3)C2)c1. The highest BCUT2D eigenvalue weighted by molar-refractivity contribution is 5.85. The molecule has 1 atom stereocenters. The third-order valence-corrected chi connectivity index (χ3v) is 4.98. The van der Waals surface area contributed by atoms with Crippen molar-refractivity contribution in [3.63, 3.8) is 0 Å². The first kappa shape index (κ1) is 17.7. The van der Waals surface area contributed by atoms with Crippen molar-refractivity contribution in [2.45, 2.75) is 31.3 Å². The number of amides is 1. The van der Waals surface area contributed by atoms with E-state index in [1.54, 1.807) is 23.1 Å². The lowest BCUT2D eigenvalue weighted by Gasteiger charge is -2.39. The highest BCUT2D eigenvalue weighted by Crippen LogP contribution is 2.25. The number of β-amino-alcohol motifs (C(OH)–C–C–N with tert-alkyl or cyclic N) is 1. The molecule has 6 nitrogen and oxygen atoms in total. The second kappa shape index (κ2) is 7.85. The largest absolute Gasteiger partial charge is 0.492 e. The molecule has 1 unspecified atom stereocenters. The predicted octanol–water partition coefficient (Wildman–Crippen LogP) is 1.39. The second-order valence-electron chi connectivity index (χ2n) is 6.90. The van der Waals surface area contributed by atoms with Gasteiger partial charge in [0.15, 0.2) is 5.60 Å². The summed E-state index contributed by atoms with van der Waals surface area (Å²) >= 11 is 0. The molecule has 2 saturated heterocycles. The monoisotopic (exact) mass is 343 g/mol. The first-order valence-electron chi connectivity index (χ1n) is 8.98. The molecule has 0 bridgehead atoms. The van der Waals surface area contributed by atoms with Crippen LogP contribution >= 0.6 is 0 Å². The molecule has 2 aliphatic rings. The molecule has 2 heterocycles. The summed E-state index contributed by atoms with van der Waals surface area (Å²) < 4.78 is 5.71. The van der Waals surface area contributed by atoms with Crippen LogP contribution in [0.2, 0.25) is 0 Å². The number of aliphatic hydroxyl groups is 1. The summed E-state index contributed by atoms with van der Waals surface area (Å²) in [5.74, 6) is 0.553. The van der Waals surface area contributed by atoms with Gasteiger partial charge in [-0.05, 0) is 50.4 Å². The number of nitriles is 1. The van der Waals surface area contributed by atoms with Crippen LogP contribution in [0.4, 0.5) is 0 Å². The fourth-order valence-corrected chi connectivity index (χ4v) is 3.65. The second-order valence-corrected chi connectivity index (χ2v) is 6.90. The topological polar surface area (TPSA) is 76.8 Å². The van der Waals surface area contributed by atoms with E-state index >= 15 is 0 Å². The number of hydrogen-bond donors (Lipinski definition) is 1. The Morgan fingerprint density at radius 3 is 2.84 bits per heavy atom. The van der Waals surface area contributed by atoms with E-state index in [0.717, 1.165) is 38.9 Å². The Labute approximate surface area is 148 Å². The molecule has 1 aromatic rings. The minimum absolute atomic E-state index is 0.114. The van der Waals surface area contributed by atoms with E-state index in [-0.39, 0.29) is 5.91 Å². The summed E-state index contributed by atoms with van der Waals surface area (Å²) in [5, 5.41) is 19.8. The van der Waals surface area contributed by atoms with Crippen molar-refractivity contribution in [3.05, 3.63) is 29.8 Å². The molecule has 0 saturated carbocycles. The zero-order chi connectivity index (χ0) is 17.7. The molecule has 0 spiro atoms. The maximum Gasteiger partial charge on any atom is 0.255 e. The van der Waals surface area contributed by atoms with Gasteiger partial charge in [0.2, 0.25) is 0 Å². The number of piperidine rings is 1. The Hall–Kier alpha value is -2.10. The van der Waals surface area contributed by atoms with E-state index in [0.29, 0.717) is 37.4 Å². The fraction of sp³-hybridized carbons (Fsp3) is 0.579. The number of carbonyl (C=O) groups excluding carboxylic acids is 1. The van der Waals surface area contributed by atoms with Crippen LogP contribution in [0, 0.1) is 11.3 Å². The third kappa shape index (κ3) is 4.30. The van der Waals surface area contributed by atoms with Crippen molar-refractivity contribution in [2.75, 3.05) is 39.3 Å². The van der Waals surface area contributed by atoms with Crippen molar-refractivity contribution in [3.8, 4) is 11.8 Å². The summed E-state index contributed by atoms with van der Waals surface area (Å²) in [6.45, 7) is 3.86. The number of carbonyl (C=O) groups is 1. The third-order valence-electron chi connectivity index (χ3n) is 4.98. The highest BCUT2D eigenvalue weighted by atomic mass is 16.5. The van der Waals surface area contributed by atoms with E-state index < -0.39 is 5.60 Å². The van der Waals surface area contributed by atoms with Gasteiger partial charge in [-0.25, -0.2) is 0 Å². The van der Waals surface area contributed by atoms with Gasteiger partial charge < -0.3 is 14.7 Å². The van der Waals surface area contributed by atoms with Gasteiger partial charge in [-0.1, -0.05) is 6.07 Å². The molecule has 134 valence electrons. The quantitative estimate of drug-likeness (QED) is 0.874. The van der Waals surface area contributed by atoms with Crippen LogP contribution in [0.3, 0.4) is 0 Å².